The van der Waals surface area contributed by atoms with Crippen molar-refractivity contribution in [2.45, 2.75) is 5.75 Å². The van der Waals surface area contributed by atoms with Crippen molar-refractivity contribution in [2.75, 3.05) is 0 Å². The summed E-state index contributed by atoms with van der Waals surface area (Å²) >= 11 is 4.76. The predicted molar refractivity (Wildman–Crippen MR) is 35.3 cm³/mol. The minimum atomic E-state index is 0.612. The van der Waals surface area contributed by atoms with Gasteiger partial charge in [0.25, 0.3) is 0 Å². The van der Waals surface area contributed by atoms with Crippen LogP contribution in [0.1, 0.15) is 5.69 Å². The summed E-state index contributed by atoms with van der Waals surface area (Å²) < 4.78 is 0. The van der Waals surface area contributed by atoms with Gasteiger partial charge in [-0.05, 0) is 12.1 Å². The maximum Gasteiger partial charge on any atom is 0.0270 e. The van der Waals surface area contributed by atoms with Crippen molar-refractivity contribution in [2.24, 2.45) is 0 Å². The molecule has 1 nitrogen and oxygen atoms in total. The van der Waals surface area contributed by atoms with Crippen molar-refractivity contribution in [3.63, 3.8) is 0 Å². The summed E-state index contributed by atoms with van der Waals surface area (Å²) in [6.45, 7) is 0. The zero-order chi connectivity index (χ0) is 5.82. The minimum Gasteiger partial charge on any atom is -0.787 e. The fraction of sp³-hybridized carbons (Fsp3) is 0.167. The van der Waals surface area contributed by atoms with Crippen LogP contribution in [-0.4, -0.2) is 4.98 Å². The molecule has 0 N–H and O–H groups in total. The van der Waals surface area contributed by atoms with E-state index in [0.717, 1.165) is 5.69 Å². The van der Waals surface area contributed by atoms with Gasteiger partial charge in [-0.3, -0.25) is 4.98 Å². The summed E-state index contributed by atoms with van der Waals surface area (Å²) in [6.07, 6.45) is 1.75. The van der Waals surface area contributed by atoms with Gasteiger partial charge in [0.1, 0.15) is 0 Å². The lowest BCUT2D eigenvalue weighted by atomic mass is 10.4. The third-order valence-corrected chi connectivity index (χ3v) is 1.17. The lowest BCUT2D eigenvalue weighted by molar-refractivity contribution is 1.18. The van der Waals surface area contributed by atoms with Crippen LogP contribution in [-0.2, 0) is 18.4 Å². The molecule has 0 aliphatic carbocycles. The number of rotatable bonds is 1. The highest BCUT2D eigenvalue weighted by Crippen LogP contribution is 1.90. The number of aromatic nitrogens is 1. The molecule has 2 heteroatoms. The van der Waals surface area contributed by atoms with E-state index < -0.39 is 0 Å². The second kappa shape index (κ2) is 2.72. The molecule has 0 spiro atoms. The molecule has 1 heterocycles. The van der Waals surface area contributed by atoms with Crippen LogP contribution in [0.3, 0.4) is 0 Å². The van der Waals surface area contributed by atoms with Gasteiger partial charge in [-0.15, -0.1) is 5.75 Å². The van der Waals surface area contributed by atoms with E-state index in [4.69, 9.17) is 12.6 Å². The van der Waals surface area contributed by atoms with Gasteiger partial charge in [-0.2, -0.15) is 0 Å². The maximum absolute atomic E-state index is 4.76. The standard InChI is InChI=1S/C6H7NS/c8-5-6-3-1-2-4-7-6/h1-4,8H,5H2/p-1. The highest BCUT2D eigenvalue weighted by atomic mass is 32.1. The van der Waals surface area contributed by atoms with E-state index in [1.54, 1.807) is 6.20 Å². The summed E-state index contributed by atoms with van der Waals surface area (Å²) in [5.74, 6) is 0.612. The molecule has 8 heavy (non-hydrogen) atoms. The molecule has 0 saturated carbocycles. The van der Waals surface area contributed by atoms with Gasteiger partial charge in [-0.25, -0.2) is 0 Å². The van der Waals surface area contributed by atoms with Gasteiger partial charge in [0.05, 0.1) is 0 Å². The molecule has 0 atom stereocenters. The molecule has 42 valence electrons. The number of nitrogens with zero attached hydrogens (tertiary/aromatic N) is 1. The quantitative estimate of drug-likeness (QED) is 0.520. The third-order valence-electron chi connectivity index (χ3n) is 0.874. The van der Waals surface area contributed by atoms with Crippen molar-refractivity contribution in [3.8, 4) is 0 Å². The van der Waals surface area contributed by atoms with Crippen molar-refractivity contribution in [1.29, 1.82) is 0 Å². The highest BCUT2D eigenvalue weighted by molar-refractivity contribution is 7.57. The van der Waals surface area contributed by atoms with Crippen molar-refractivity contribution in [3.05, 3.63) is 30.1 Å². The van der Waals surface area contributed by atoms with Gasteiger partial charge in [-0.1, -0.05) is 6.07 Å². The van der Waals surface area contributed by atoms with Crippen LogP contribution in [0.5, 0.6) is 0 Å². The first-order valence-electron chi connectivity index (χ1n) is 2.41. The van der Waals surface area contributed by atoms with Gasteiger partial charge in [0, 0.05) is 11.9 Å². The molecule has 0 saturated heterocycles. The zero-order valence-corrected chi connectivity index (χ0v) is 5.19. The molecule has 0 fully saturated rings. The SMILES string of the molecule is [S-]Cc1ccccn1. The second-order valence-corrected chi connectivity index (χ2v) is 1.75. The van der Waals surface area contributed by atoms with Crippen LogP contribution in [0.4, 0.5) is 0 Å². The second-order valence-electron chi connectivity index (χ2n) is 1.47. The molecular formula is C6H6NS-. The normalized spacial score (nSPS) is 9.12. The average molecular weight is 124 g/mol. The topological polar surface area (TPSA) is 12.9 Å². The van der Waals surface area contributed by atoms with E-state index in [0.29, 0.717) is 5.75 Å². The minimum absolute atomic E-state index is 0.612. The Morgan fingerprint density at radius 1 is 1.50 bits per heavy atom. The van der Waals surface area contributed by atoms with Crippen LogP contribution < -0.4 is 0 Å². The third kappa shape index (κ3) is 1.23. The molecule has 1 aromatic heterocycles. The summed E-state index contributed by atoms with van der Waals surface area (Å²) in [6, 6.07) is 5.75. The van der Waals surface area contributed by atoms with E-state index in [2.05, 4.69) is 4.98 Å². The number of hydrogen-bond donors (Lipinski definition) is 0. The molecule has 0 bridgehead atoms. The lowest BCUT2D eigenvalue weighted by Gasteiger charge is -1.98. The summed E-state index contributed by atoms with van der Waals surface area (Å²) in [7, 11) is 0. The molecule has 0 aromatic carbocycles. The first-order valence-corrected chi connectivity index (χ1v) is 2.99. The zero-order valence-electron chi connectivity index (χ0n) is 4.37. The summed E-state index contributed by atoms with van der Waals surface area (Å²) in [4.78, 5) is 3.99. The Hall–Kier alpha value is -0.500. The largest absolute Gasteiger partial charge is 0.787 e. The maximum atomic E-state index is 4.76. The van der Waals surface area contributed by atoms with Crippen molar-refractivity contribution < 1.29 is 0 Å². The highest BCUT2D eigenvalue weighted by Gasteiger charge is 1.76. The van der Waals surface area contributed by atoms with E-state index in [9.17, 15) is 0 Å². The predicted octanol–water partition coefficient (Wildman–Crippen LogP) is 1.13. The first kappa shape index (κ1) is 5.63. The van der Waals surface area contributed by atoms with Gasteiger partial charge < -0.3 is 12.6 Å². The molecule has 1 aromatic rings. The lowest BCUT2D eigenvalue weighted by Crippen LogP contribution is -1.82. The molecular weight excluding hydrogens is 118 g/mol. The first-order chi connectivity index (χ1) is 3.93. The Morgan fingerprint density at radius 3 is 2.75 bits per heavy atom. The Kier molecular flexibility index (Phi) is 1.92. The molecule has 0 aliphatic rings. The monoisotopic (exact) mass is 124 g/mol. The van der Waals surface area contributed by atoms with E-state index in [1.807, 2.05) is 18.2 Å². The van der Waals surface area contributed by atoms with Crippen molar-refractivity contribution in [1.82, 2.24) is 4.98 Å². The van der Waals surface area contributed by atoms with E-state index in [1.165, 1.54) is 0 Å². The van der Waals surface area contributed by atoms with Crippen LogP contribution in [0.25, 0.3) is 0 Å². The number of hydrogen-bond acceptors (Lipinski definition) is 2. The van der Waals surface area contributed by atoms with Crippen LogP contribution in [0.2, 0.25) is 0 Å². The molecule has 0 unspecified atom stereocenters. The van der Waals surface area contributed by atoms with E-state index in [-0.39, 0.29) is 0 Å². The van der Waals surface area contributed by atoms with Gasteiger partial charge in [0.15, 0.2) is 0 Å². The number of pyridine rings is 1. The molecule has 0 amide bonds. The summed E-state index contributed by atoms with van der Waals surface area (Å²) in [5.41, 5.74) is 0.975. The average Bonchev–Trinajstić information content (AvgIpc) is 1.90. The smallest absolute Gasteiger partial charge is 0.0270 e. The molecule has 0 aliphatic heterocycles. The van der Waals surface area contributed by atoms with Gasteiger partial charge in [0.2, 0.25) is 0 Å². The fourth-order valence-electron chi connectivity index (χ4n) is 0.484. The Balaban J connectivity index is 2.83. The Bertz CT molecular complexity index is 150. The Labute approximate surface area is 54.2 Å². The van der Waals surface area contributed by atoms with Crippen LogP contribution >= 0.6 is 0 Å². The molecule has 1 rings (SSSR count). The molecule has 0 radical (unpaired) electrons. The van der Waals surface area contributed by atoms with Crippen LogP contribution in [0.15, 0.2) is 24.4 Å². The fourth-order valence-corrected chi connectivity index (χ4v) is 0.654. The Morgan fingerprint density at radius 2 is 2.38 bits per heavy atom. The summed E-state index contributed by atoms with van der Waals surface area (Å²) in [5, 5.41) is 0. The van der Waals surface area contributed by atoms with Crippen LogP contribution in [0, 0.1) is 0 Å². The van der Waals surface area contributed by atoms with Gasteiger partial charge >= 0.3 is 0 Å². The van der Waals surface area contributed by atoms with Crippen molar-refractivity contribution >= 4 is 12.6 Å². The van der Waals surface area contributed by atoms with E-state index >= 15 is 0 Å².